The monoisotopic (exact) mass is 254 g/mol. The molecule has 1 aromatic carbocycles. The summed E-state index contributed by atoms with van der Waals surface area (Å²) in [4.78, 5) is 10.7. The highest BCUT2D eigenvalue weighted by Gasteiger charge is 1.99. The predicted molar refractivity (Wildman–Crippen MR) is 69.1 cm³/mol. The zero-order valence-electron chi connectivity index (χ0n) is 9.65. The fourth-order valence-corrected chi connectivity index (χ4v) is 1.84. The third-order valence-corrected chi connectivity index (χ3v) is 2.98. The first kappa shape index (κ1) is 13.9. The molecule has 2 nitrogen and oxygen atoms in total. The van der Waals surface area contributed by atoms with E-state index in [0.29, 0.717) is 23.3 Å². The maximum atomic E-state index is 13.4. The molecule has 92 valence electrons. The van der Waals surface area contributed by atoms with E-state index in [1.54, 1.807) is 18.2 Å². The molecule has 1 N–H and O–H groups in total. The van der Waals surface area contributed by atoms with Crippen LogP contribution in [0.4, 0.5) is 4.39 Å². The van der Waals surface area contributed by atoms with Gasteiger partial charge in [0, 0.05) is 18.2 Å². The van der Waals surface area contributed by atoms with E-state index in [4.69, 9.17) is 5.11 Å². The number of benzene rings is 1. The standard InChI is InChI=1S/C13H15FO2S/c1-10(16)17-7-3-2-4-12-8-11(9-15)5-6-13(12)14/h2,4-6,8,15H,3,7,9H2,1H3. The first-order valence-corrected chi connectivity index (χ1v) is 6.31. The molecule has 0 unspecified atom stereocenters. The summed E-state index contributed by atoms with van der Waals surface area (Å²) in [5, 5.41) is 9.03. The lowest BCUT2D eigenvalue weighted by atomic mass is 10.1. The zero-order valence-corrected chi connectivity index (χ0v) is 10.5. The van der Waals surface area contributed by atoms with Crippen molar-refractivity contribution in [2.45, 2.75) is 20.0 Å². The van der Waals surface area contributed by atoms with Gasteiger partial charge in [-0.05, 0) is 24.1 Å². The van der Waals surface area contributed by atoms with Crippen LogP contribution in [0, 0.1) is 5.82 Å². The third-order valence-electron chi connectivity index (χ3n) is 2.13. The van der Waals surface area contributed by atoms with Crippen molar-refractivity contribution in [3.05, 3.63) is 41.2 Å². The Hall–Kier alpha value is -1.13. The van der Waals surface area contributed by atoms with Crippen molar-refractivity contribution in [1.29, 1.82) is 0 Å². The number of halogens is 1. The van der Waals surface area contributed by atoms with E-state index in [1.165, 1.54) is 24.8 Å². The number of aliphatic hydroxyl groups excluding tert-OH is 1. The molecule has 0 radical (unpaired) electrons. The molecule has 0 bridgehead atoms. The lowest BCUT2D eigenvalue weighted by molar-refractivity contribution is -0.109. The molecule has 1 aromatic rings. The molecule has 0 saturated carbocycles. The number of hydrogen-bond donors (Lipinski definition) is 1. The summed E-state index contributed by atoms with van der Waals surface area (Å²) in [5.41, 5.74) is 1.15. The Balaban J connectivity index is 2.55. The Morgan fingerprint density at radius 2 is 2.29 bits per heavy atom. The van der Waals surface area contributed by atoms with Crippen LogP contribution in [-0.4, -0.2) is 16.0 Å². The molecule has 0 amide bonds. The summed E-state index contributed by atoms with van der Waals surface area (Å²) < 4.78 is 13.4. The fraction of sp³-hybridized carbons (Fsp3) is 0.308. The van der Waals surface area contributed by atoms with Gasteiger partial charge in [0.25, 0.3) is 0 Å². The smallest absolute Gasteiger partial charge is 0.185 e. The highest BCUT2D eigenvalue weighted by atomic mass is 32.2. The van der Waals surface area contributed by atoms with Gasteiger partial charge in [0.15, 0.2) is 5.12 Å². The van der Waals surface area contributed by atoms with Crippen LogP contribution in [0.3, 0.4) is 0 Å². The van der Waals surface area contributed by atoms with Crippen molar-refractivity contribution < 1.29 is 14.3 Å². The van der Waals surface area contributed by atoms with Crippen molar-refractivity contribution in [2.75, 3.05) is 5.75 Å². The van der Waals surface area contributed by atoms with Gasteiger partial charge in [0.05, 0.1) is 6.61 Å². The number of allylic oxidation sites excluding steroid dienone is 1. The van der Waals surface area contributed by atoms with Crippen molar-refractivity contribution in [3.8, 4) is 0 Å². The molecule has 17 heavy (non-hydrogen) atoms. The summed E-state index contributed by atoms with van der Waals surface area (Å²) in [6.07, 6.45) is 4.22. The number of hydrogen-bond acceptors (Lipinski definition) is 3. The van der Waals surface area contributed by atoms with E-state index in [2.05, 4.69) is 0 Å². The number of rotatable bonds is 5. The highest BCUT2D eigenvalue weighted by Crippen LogP contribution is 2.13. The second kappa shape index (κ2) is 7.25. The molecule has 0 saturated heterocycles. The Morgan fingerprint density at radius 3 is 2.94 bits per heavy atom. The number of carbonyl (C=O) groups excluding carboxylic acids is 1. The largest absolute Gasteiger partial charge is 0.392 e. The first-order valence-electron chi connectivity index (χ1n) is 5.32. The summed E-state index contributed by atoms with van der Waals surface area (Å²) in [6, 6.07) is 4.51. The number of thioether (sulfide) groups is 1. The molecule has 0 aliphatic rings. The van der Waals surface area contributed by atoms with Crippen LogP contribution in [0.5, 0.6) is 0 Å². The van der Waals surface area contributed by atoms with Crippen molar-refractivity contribution >= 4 is 23.0 Å². The average Bonchev–Trinajstić information content (AvgIpc) is 2.30. The molecular formula is C13H15FO2S. The van der Waals surface area contributed by atoms with E-state index in [-0.39, 0.29) is 17.5 Å². The van der Waals surface area contributed by atoms with Crippen LogP contribution < -0.4 is 0 Å². The van der Waals surface area contributed by atoms with E-state index in [1.807, 2.05) is 6.08 Å². The lowest BCUT2D eigenvalue weighted by Gasteiger charge is -2.00. The lowest BCUT2D eigenvalue weighted by Crippen LogP contribution is -1.88. The summed E-state index contributed by atoms with van der Waals surface area (Å²) in [7, 11) is 0. The Morgan fingerprint density at radius 1 is 1.53 bits per heavy atom. The van der Waals surface area contributed by atoms with Gasteiger partial charge < -0.3 is 5.11 Å². The SMILES string of the molecule is CC(=O)SCCC=Cc1cc(CO)ccc1F. The van der Waals surface area contributed by atoms with Gasteiger partial charge in [-0.25, -0.2) is 4.39 Å². The normalized spacial score (nSPS) is 11.0. The second-order valence-electron chi connectivity index (χ2n) is 3.55. The number of carbonyl (C=O) groups is 1. The minimum absolute atomic E-state index is 0.0897. The van der Waals surface area contributed by atoms with Gasteiger partial charge in [-0.3, -0.25) is 4.79 Å². The molecule has 0 aromatic heterocycles. The molecule has 0 spiro atoms. The van der Waals surface area contributed by atoms with E-state index in [9.17, 15) is 9.18 Å². The topological polar surface area (TPSA) is 37.3 Å². The second-order valence-corrected chi connectivity index (χ2v) is 4.82. The Bertz CT molecular complexity index is 416. The molecule has 0 atom stereocenters. The van der Waals surface area contributed by atoms with Crippen LogP contribution in [0.2, 0.25) is 0 Å². The van der Waals surface area contributed by atoms with Crippen molar-refractivity contribution in [3.63, 3.8) is 0 Å². The quantitative estimate of drug-likeness (QED) is 0.821. The van der Waals surface area contributed by atoms with Gasteiger partial charge in [0.2, 0.25) is 0 Å². The molecule has 4 heteroatoms. The molecule has 0 fully saturated rings. The minimum atomic E-state index is -0.308. The number of aliphatic hydroxyl groups is 1. The highest BCUT2D eigenvalue weighted by molar-refractivity contribution is 8.13. The molecule has 0 aliphatic carbocycles. The average molecular weight is 254 g/mol. The molecular weight excluding hydrogens is 239 g/mol. The zero-order chi connectivity index (χ0) is 12.7. The van der Waals surface area contributed by atoms with E-state index >= 15 is 0 Å². The molecule has 1 rings (SSSR count). The van der Waals surface area contributed by atoms with Gasteiger partial charge in [-0.1, -0.05) is 30.0 Å². The first-order chi connectivity index (χ1) is 8.13. The van der Waals surface area contributed by atoms with E-state index < -0.39 is 0 Å². The predicted octanol–water partition coefficient (Wildman–Crippen LogP) is 3.00. The van der Waals surface area contributed by atoms with Crippen molar-refractivity contribution in [1.82, 2.24) is 0 Å². The summed E-state index contributed by atoms with van der Waals surface area (Å²) in [6.45, 7) is 1.43. The van der Waals surface area contributed by atoms with Gasteiger partial charge in [-0.2, -0.15) is 0 Å². The van der Waals surface area contributed by atoms with Crippen LogP contribution in [0.15, 0.2) is 24.3 Å². The third kappa shape index (κ3) is 5.15. The van der Waals surface area contributed by atoms with E-state index in [0.717, 1.165) is 0 Å². The molecule has 0 aliphatic heterocycles. The fourth-order valence-electron chi connectivity index (χ4n) is 1.30. The van der Waals surface area contributed by atoms with Crippen LogP contribution in [0.1, 0.15) is 24.5 Å². The van der Waals surface area contributed by atoms with Gasteiger partial charge in [0.1, 0.15) is 5.82 Å². The summed E-state index contributed by atoms with van der Waals surface area (Å²) in [5.74, 6) is 0.394. The molecule has 0 heterocycles. The van der Waals surface area contributed by atoms with Gasteiger partial charge in [-0.15, -0.1) is 0 Å². The Kier molecular flexibility index (Phi) is 5.94. The Labute approximate surface area is 105 Å². The van der Waals surface area contributed by atoms with Crippen molar-refractivity contribution in [2.24, 2.45) is 0 Å². The maximum absolute atomic E-state index is 13.4. The van der Waals surface area contributed by atoms with Crippen LogP contribution in [0.25, 0.3) is 6.08 Å². The summed E-state index contributed by atoms with van der Waals surface area (Å²) >= 11 is 1.25. The van der Waals surface area contributed by atoms with Crippen LogP contribution >= 0.6 is 11.8 Å². The van der Waals surface area contributed by atoms with Crippen LogP contribution in [-0.2, 0) is 11.4 Å². The van der Waals surface area contributed by atoms with Gasteiger partial charge >= 0.3 is 0 Å². The maximum Gasteiger partial charge on any atom is 0.185 e. The minimum Gasteiger partial charge on any atom is -0.392 e.